The predicted octanol–water partition coefficient (Wildman–Crippen LogP) is 2.42. The van der Waals surface area contributed by atoms with Crippen LogP contribution in [0.3, 0.4) is 0 Å². The second-order valence-corrected chi connectivity index (χ2v) is 1.72. The molecule has 0 nitrogen and oxygen atoms in total. The Morgan fingerprint density at radius 3 is 3.00 bits per heavy atom. The number of rotatable bonds is 2. The molecule has 0 unspecified atom stereocenters. The lowest BCUT2D eigenvalue weighted by Gasteiger charge is -1.90. The van der Waals surface area contributed by atoms with E-state index in [9.17, 15) is 0 Å². The Morgan fingerprint density at radius 2 is 2.33 bits per heavy atom. The van der Waals surface area contributed by atoms with E-state index < -0.39 is 0 Å². The van der Waals surface area contributed by atoms with Crippen LogP contribution in [0.2, 0.25) is 0 Å². The lowest BCUT2D eigenvalue weighted by Crippen LogP contribution is -1.72. The van der Waals surface area contributed by atoms with E-state index in [0.29, 0.717) is 6.04 Å². The molecular weight excluding hydrogens is 108 g/mol. The van der Waals surface area contributed by atoms with Gasteiger partial charge in [0.25, 0.3) is 0 Å². The molecule has 0 aliphatic heterocycles. The highest BCUT2D eigenvalue weighted by Crippen LogP contribution is 2.00. The van der Waals surface area contributed by atoms with Crippen LogP contribution in [-0.2, 0) is 0 Å². The lowest BCUT2D eigenvalue weighted by molar-refractivity contribution is 1.53. The first-order chi connectivity index (χ1) is 4.84. The van der Waals surface area contributed by atoms with Crippen molar-refractivity contribution in [3.8, 4) is 0 Å². The van der Waals surface area contributed by atoms with E-state index in [0.717, 1.165) is 5.56 Å². The summed E-state index contributed by atoms with van der Waals surface area (Å²) < 4.78 is 7.40. The molecule has 0 aliphatic rings. The van der Waals surface area contributed by atoms with Gasteiger partial charge in [0.2, 0.25) is 0 Å². The van der Waals surface area contributed by atoms with Crippen molar-refractivity contribution in [3.63, 3.8) is 0 Å². The van der Waals surface area contributed by atoms with Crippen molar-refractivity contribution in [2.24, 2.45) is 0 Å². The van der Waals surface area contributed by atoms with Crippen molar-refractivity contribution in [3.05, 3.63) is 54.9 Å². The van der Waals surface area contributed by atoms with Gasteiger partial charge in [0.1, 0.15) is 0 Å². The summed E-state index contributed by atoms with van der Waals surface area (Å²) in [5.74, 6) is 0. The quantitative estimate of drug-likeness (QED) is 0.559. The molecule has 0 spiro atoms. The molecule has 0 N–H and O–H groups in total. The van der Waals surface area contributed by atoms with Crippen LogP contribution in [0.25, 0.3) is 0 Å². The SMILES string of the molecule is [2H]c1ccccc1[CH]C=C. The van der Waals surface area contributed by atoms with Gasteiger partial charge in [0, 0.05) is 6.42 Å². The molecule has 0 bridgehead atoms. The lowest BCUT2D eigenvalue weighted by atomic mass is 10.2. The smallest absolute Gasteiger partial charge is 0.0626 e. The highest BCUT2D eigenvalue weighted by molar-refractivity contribution is 5.26. The summed E-state index contributed by atoms with van der Waals surface area (Å²) in [5.41, 5.74) is 0.914. The summed E-state index contributed by atoms with van der Waals surface area (Å²) in [6, 6.07) is 7.96. The Balaban J connectivity index is 2.91. The van der Waals surface area contributed by atoms with Crippen LogP contribution >= 0.6 is 0 Å². The highest BCUT2D eigenvalue weighted by Gasteiger charge is 1.82. The first-order valence-electron chi connectivity index (χ1n) is 3.36. The minimum Gasteiger partial charge on any atom is -0.102 e. The molecule has 0 heterocycles. The molecule has 0 saturated heterocycles. The summed E-state index contributed by atoms with van der Waals surface area (Å²) in [6.07, 6.45) is 3.51. The molecule has 0 aliphatic carbocycles. The molecule has 1 rings (SSSR count). The van der Waals surface area contributed by atoms with Gasteiger partial charge < -0.3 is 0 Å². The highest BCUT2D eigenvalue weighted by atomic mass is 13.9. The van der Waals surface area contributed by atoms with Crippen molar-refractivity contribution in [1.82, 2.24) is 0 Å². The fraction of sp³-hybridized carbons (Fsp3) is 0. The van der Waals surface area contributed by atoms with Gasteiger partial charge in [-0.25, -0.2) is 0 Å². The third-order valence-electron chi connectivity index (χ3n) is 1.03. The minimum atomic E-state index is 0.544. The Bertz CT molecular complexity index is 228. The topological polar surface area (TPSA) is 0 Å². The van der Waals surface area contributed by atoms with Gasteiger partial charge in [-0.05, 0) is 5.56 Å². The molecule has 1 aromatic rings. The zero-order chi connectivity index (χ0) is 7.40. The molecule has 1 radical (unpaired) electrons. The molecule has 0 heteroatoms. The average Bonchev–Trinajstić information content (AvgIpc) is 1.94. The van der Waals surface area contributed by atoms with Crippen LogP contribution in [-0.4, -0.2) is 0 Å². The first kappa shape index (κ1) is 4.80. The van der Waals surface area contributed by atoms with Crippen molar-refractivity contribution in [1.29, 1.82) is 0 Å². The second kappa shape index (κ2) is 3.08. The van der Waals surface area contributed by atoms with E-state index in [4.69, 9.17) is 1.37 Å². The normalized spacial score (nSPS) is 10.4. The molecular formula is C9H9. The molecule has 0 amide bonds. The van der Waals surface area contributed by atoms with Gasteiger partial charge in [-0.15, -0.1) is 6.58 Å². The number of allylic oxidation sites excluding steroid dienone is 1. The monoisotopic (exact) mass is 118 g/mol. The zero-order valence-electron chi connectivity index (χ0n) is 6.17. The summed E-state index contributed by atoms with van der Waals surface area (Å²) in [6.45, 7) is 3.56. The van der Waals surface area contributed by atoms with E-state index in [1.54, 1.807) is 12.1 Å². The van der Waals surface area contributed by atoms with Gasteiger partial charge in [-0.3, -0.25) is 0 Å². The summed E-state index contributed by atoms with van der Waals surface area (Å²) in [4.78, 5) is 0. The molecule has 45 valence electrons. The van der Waals surface area contributed by atoms with Crippen molar-refractivity contribution in [2.45, 2.75) is 0 Å². The minimum absolute atomic E-state index is 0.544. The van der Waals surface area contributed by atoms with Crippen molar-refractivity contribution < 1.29 is 1.37 Å². The molecule has 0 fully saturated rings. The number of benzene rings is 1. The predicted molar refractivity (Wildman–Crippen MR) is 40.0 cm³/mol. The molecule has 9 heavy (non-hydrogen) atoms. The average molecular weight is 118 g/mol. The maximum atomic E-state index is 7.40. The van der Waals surface area contributed by atoms with Gasteiger partial charge >= 0.3 is 0 Å². The van der Waals surface area contributed by atoms with E-state index in [1.165, 1.54) is 0 Å². The van der Waals surface area contributed by atoms with Crippen LogP contribution in [0.4, 0.5) is 0 Å². The Kier molecular flexibility index (Phi) is 1.64. The van der Waals surface area contributed by atoms with Crippen molar-refractivity contribution in [2.75, 3.05) is 0 Å². The van der Waals surface area contributed by atoms with Gasteiger partial charge in [0.05, 0.1) is 1.37 Å². The largest absolute Gasteiger partial charge is 0.102 e. The van der Waals surface area contributed by atoms with Crippen LogP contribution < -0.4 is 0 Å². The summed E-state index contributed by atoms with van der Waals surface area (Å²) in [5, 5.41) is 0. The third kappa shape index (κ3) is 1.73. The van der Waals surface area contributed by atoms with Crippen LogP contribution in [0, 0.1) is 6.42 Å². The van der Waals surface area contributed by atoms with E-state index in [1.807, 2.05) is 24.6 Å². The summed E-state index contributed by atoms with van der Waals surface area (Å²) in [7, 11) is 0. The third-order valence-corrected chi connectivity index (χ3v) is 1.03. The summed E-state index contributed by atoms with van der Waals surface area (Å²) >= 11 is 0. The number of hydrogen-bond acceptors (Lipinski definition) is 0. The van der Waals surface area contributed by atoms with Crippen LogP contribution in [0.5, 0.6) is 0 Å². The number of hydrogen-bond donors (Lipinski definition) is 0. The van der Waals surface area contributed by atoms with Gasteiger partial charge in [-0.2, -0.15) is 0 Å². The van der Waals surface area contributed by atoms with E-state index >= 15 is 0 Å². The van der Waals surface area contributed by atoms with E-state index in [2.05, 4.69) is 6.58 Å². The molecule has 0 aromatic heterocycles. The Morgan fingerprint density at radius 1 is 1.44 bits per heavy atom. The van der Waals surface area contributed by atoms with Crippen LogP contribution in [0.1, 0.15) is 6.93 Å². The second-order valence-electron chi connectivity index (χ2n) is 1.72. The van der Waals surface area contributed by atoms with Gasteiger partial charge in [0.15, 0.2) is 0 Å². The maximum Gasteiger partial charge on any atom is 0.0626 e. The maximum absolute atomic E-state index is 7.40. The van der Waals surface area contributed by atoms with Gasteiger partial charge in [-0.1, -0.05) is 36.4 Å². The fourth-order valence-corrected chi connectivity index (χ4v) is 0.638. The molecule has 0 atom stereocenters. The molecule has 0 saturated carbocycles. The standard InChI is InChI=1S/C9H9/c1-2-6-9-7-4-3-5-8-9/h2-8H,1H2/i7D. The first-order valence-corrected chi connectivity index (χ1v) is 2.86. The Labute approximate surface area is 57.2 Å². The van der Waals surface area contributed by atoms with Crippen molar-refractivity contribution >= 4 is 0 Å². The Hall–Kier alpha value is -1.04. The zero-order valence-corrected chi connectivity index (χ0v) is 5.17. The van der Waals surface area contributed by atoms with E-state index in [-0.39, 0.29) is 0 Å². The van der Waals surface area contributed by atoms with Crippen LogP contribution in [0.15, 0.2) is 43.0 Å². The molecule has 1 aromatic carbocycles. The fourth-order valence-electron chi connectivity index (χ4n) is 0.638.